The molecule has 0 aliphatic carbocycles. The number of hydrogen-bond acceptors (Lipinski definition) is 4. The molecule has 2 heterocycles. The molecular formula is C17H20N6O. The van der Waals surface area contributed by atoms with E-state index < -0.39 is 0 Å². The number of nitrogens with one attached hydrogen (secondary N) is 1. The molecule has 1 aliphatic heterocycles. The van der Waals surface area contributed by atoms with Crippen molar-refractivity contribution in [3.05, 3.63) is 48.0 Å². The molecule has 0 spiro atoms. The second-order valence-electron chi connectivity index (χ2n) is 5.91. The van der Waals surface area contributed by atoms with Crippen molar-refractivity contribution in [2.45, 2.75) is 25.3 Å². The van der Waals surface area contributed by atoms with Gasteiger partial charge in [0.25, 0.3) is 0 Å². The van der Waals surface area contributed by atoms with Gasteiger partial charge in [0.1, 0.15) is 12.7 Å². The molecule has 0 radical (unpaired) electrons. The van der Waals surface area contributed by atoms with E-state index >= 15 is 0 Å². The molecule has 2 amide bonds. The summed E-state index contributed by atoms with van der Waals surface area (Å²) in [5, 5.41) is 16.0. The fourth-order valence-corrected chi connectivity index (χ4v) is 2.98. The molecule has 3 rings (SSSR count). The number of aromatic nitrogens is 3. The number of carbonyl (C=O) groups excluding carboxylic acids is 1. The normalized spacial score (nSPS) is 17.3. The summed E-state index contributed by atoms with van der Waals surface area (Å²) in [6.07, 6.45) is 5.90. The Bertz CT molecular complexity index is 721. The Morgan fingerprint density at radius 3 is 3.17 bits per heavy atom. The molecule has 1 aromatic carbocycles. The van der Waals surface area contributed by atoms with E-state index in [9.17, 15) is 4.79 Å². The Morgan fingerprint density at radius 1 is 1.46 bits per heavy atom. The van der Waals surface area contributed by atoms with Crippen LogP contribution in [0.1, 0.15) is 30.0 Å². The third kappa shape index (κ3) is 3.90. The SMILES string of the molecule is N#Cc1cccc(CCNC(=O)N2CCC[C@H](n3cncn3)C2)c1. The molecule has 0 unspecified atom stereocenters. The zero-order valence-corrected chi connectivity index (χ0v) is 13.4. The Labute approximate surface area is 140 Å². The van der Waals surface area contributed by atoms with Crippen LogP contribution in [0.15, 0.2) is 36.9 Å². The van der Waals surface area contributed by atoms with Crippen LogP contribution in [-0.2, 0) is 6.42 Å². The number of nitriles is 1. The van der Waals surface area contributed by atoms with E-state index in [4.69, 9.17) is 5.26 Å². The minimum atomic E-state index is -0.0451. The van der Waals surface area contributed by atoms with Gasteiger partial charge in [-0.1, -0.05) is 12.1 Å². The lowest BCUT2D eigenvalue weighted by molar-refractivity contribution is 0.163. The monoisotopic (exact) mass is 324 g/mol. The highest BCUT2D eigenvalue weighted by molar-refractivity contribution is 5.74. The molecule has 0 saturated carbocycles. The van der Waals surface area contributed by atoms with Crippen LogP contribution in [0.4, 0.5) is 4.79 Å². The minimum Gasteiger partial charge on any atom is -0.338 e. The highest BCUT2D eigenvalue weighted by Crippen LogP contribution is 2.20. The maximum absolute atomic E-state index is 12.3. The van der Waals surface area contributed by atoms with E-state index in [1.807, 2.05) is 27.8 Å². The van der Waals surface area contributed by atoms with Crippen molar-refractivity contribution < 1.29 is 4.79 Å². The first-order valence-corrected chi connectivity index (χ1v) is 8.12. The average Bonchev–Trinajstić information content (AvgIpc) is 3.17. The number of benzene rings is 1. The molecule has 1 aromatic heterocycles. The molecule has 2 aromatic rings. The topological polar surface area (TPSA) is 86.8 Å². The van der Waals surface area contributed by atoms with Gasteiger partial charge in [0.15, 0.2) is 0 Å². The highest BCUT2D eigenvalue weighted by atomic mass is 16.2. The third-order valence-electron chi connectivity index (χ3n) is 4.24. The highest BCUT2D eigenvalue weighted by Gasteiger charge is 2.24. The van der Waals surface area contributed by atoms with E-state index in [0.29, 0.717) is 25.1 Å². The molecule has 1 fully saturated rings. The third-order valence-corrected chi connectivity index (χ3v) is 4.24. The van der Waals surface area contributed by atoms with Crippen LogP contribution in [0.2, 0.25) is 0 Å². The van der Waals surface area contributed by atoms with Gasteiger partial charge in [0, 0.05) is 19.6 Å². The summed E-state index contributed by atoms with van der Waals surface area (Å²) in [5.41, 5.74) is 1.69. The zero-order valence-electron chi connectivity index (χ0n) is 13.4. The summed E-state index contributed by atoms with van der Waals surface area (Å²) in [5.74, 6) is 0. The number of rotatable bonds is 4. The summed E-state index contributed by atoms with van der Waals surface area (Å²) in [4.78, 5) is 18.2. The van der Waals surface area contributed by atoms with Gasteiger partial charge in [-0.3, -0.25) is 0 Å². The van der Waals surface area contributed by atoms with Gasteiger partial charge in [-0.25, -0.2) is 14.5 Å². The summed E-state index contributed by atoms with van der Waals surface area (Å²) >= 11 is 0. The second-order valence-corrected chi connectivity index (χ2v) is 5.91. The van der Waals surface area contributed by atoms with Crippen molar-refractivity contribution in [1.29, 1.82) is 5.26 Å². The van der Waals surface area contributed by atoms with E-state index in [1.165, 1.54) is 6.33 Å². The number of piperidine rings is 1. The molecule has 7 heteroatoms. The first-order chi connectivity index (χ1) is 11.8. The lowest BCUT2D eigenvalue weighted by Crippen LogP contribution is -2.46. The summed E-state index contributed by atoms with van der Waals surface area (Å²) < 4.78 is 1.83. The van der Waals surface area contributed by atoms with Crippen LogP contribution in [0.3, 0.4) is 0 Å². The van der Waals surface area contributed by atoms with Crippen molar-refractivity contribution in [3.63, 3.8) is 0 Å². The van der Waals surface area contributed by atoms with Crippen LogP contribution in [0.5, 0.6) is 0 Å². The molecule has 1 atom stereocenters. The van der Waals surface area contributed by atoms with Crippen LogP contribution >= 0.6 is 0 Å². The lowest BCUT2D eigenvalue weighted by atomic mass is 10.1. The smallest absolute Gasteiger partial charge is 0.317 e. The van der Waals surface area contributed by atoms with Crippen molar-refractivity contribution in [3.8, 4) is 6.07 Å². The van der Waals surface area contributed by atoms with E-state index in [-0.39, 0.29) is 12.1 Å². The van der Waals surface area contributed by atoms with E-state index in [0.717, 1.165) is 24.9 Å². The molecule has 7 nitrogen and oxygen atoms in total. The molecule has 24 heavy (non-hydrogen) atoms. The largest absolute Gasteiger partial charge is 0.338 e. The van der Waals surface area contributed by atoms with Crippen LogP contribution < -0.4 is 5.32 Å². The molecule has 1 aliphatic rings. The summed E-state index contributed by atoms with van der Waals surface area (Å²) in [6.45, 7) is 1.97. The first-order valence-electron chi connectivity index (χ1n) is 8.12. The van der Waals surface area contributed by atoms with Crippen molar-refractivity contribution >= 4 is 6.03 Å². The second kappa shape index (κ2) is 7.59. The fraction of sp³-hybridized carbons (Fsp3) is 0.412. The van der Waals surface area contributed by atoms with Gasteiger partial charge in [-0.2, -0.15) is 10.4 Å². The number of urea groups is 1. The van der Waals surface area contributed by atoms with Gasteiger partial charge >= 0.3 is 6.03 Å². The lowest BCUT2D eigenvalue weighted by Gasteiger charge is -2.32. The first kappa shape index (κ1) is 16.0. The van der Waals surface area contributed by atoms with Crippen LogP contribution in [0.25, 0.3) is 0 Å². The number of nitrogens with zero attached hydrogens (tertiary/aromatic N) is 5. The van der Waals surface area contributed by atoms with Gasteiger partial charge in [-0.05, 0) is 37.0 Å². The fourth-order valence-electron chi connectivity index (χ4n) is 2.98. The van der Waals surface area contributed by atoms with E-state index in [2.05, 4.69) is 21.5 Å². The van der Waals surface area contributed by atoms with Gasteiger partial charge in [0.05, 0.1) is 17.7 Å². The Morgan fingerprint density at radius 2 is 2.38 bits per heavy atom. The van der Waals surface area contributed by atoms with Crippen LogP contribution in [0, 0.1) is 11.3 Å². The van der Waals surface area contributed by atoms with E-state index in [1.54, 1.807) is 12.4 Å². The molecule has 1 saturated heterocycles. The number of amides is 2. The Balaban J connectivity index is 1.48. The van der Waals surface area contributed by atoms with Gasteiger partial charge < -0.3 is 10.2 Å². The molecular weight excluding hydrogens is 304 g/mol. The zero-order chi connectivity index (χ0) is 16.8. The Kier molecular flexibility index (Phi) is 5.06. The number of carbonyl (C=O) groups is 1. The minimum absolute atomic E-state index is 0.0451. The maximum atomic E-state index is 12.3. The van der Waals surface area contributed by atoms with Crippen molar-refractivity contribution in [2.24, 2.45) is 0 Å². The molecule has 1 N–H and O–H groups in total. The Hall–Kier alpha value is -2.88. The van der Waals surface area contributed by atoms with Gasteiger partial charge in [0.2, 0.25) is 0 Å². The average molecular weight is 324 g/mol. The van der Waals surface area contributed by atoms with Crippen molar-refractivity contribution in [2.75, 3.05) is 19.6 Å². The van der Waals surface area contributed by atoms with Crippen LogP contribution in [-0.4, -0.2) is 45.3 Å². The summed E-state index contributed by atoms with van der Waals surface area (Å²) in [6, 6.07) is 9.74. The predicted octanol–water partition coefficient (Wildman–Crippen LogP) is 1.74. The standard InChI is InChI=1S/C17H20N6O/c18-10-15-4-1-3-14(9-15)6-7-20-17(24)22-8-2-5-16(11-22)23-13-19-12-21-23/h1,3-4,9,12-13,16H,2,5-8,11H2,(H,20,24)/t16-/m0/s1. The predicted molar refractivity (Wildman–Crippen MR) is 88.1 cm³/mol. The van der Waals surface area contributed by atoms with Gasteiger partial charge in [-0.15, -0.1) is 0 Å². The number of likely N-dealkylation sites (tertiary alicyclic amines) is 1. The summed E-state index contributed by atoms with van der Waals surface area (Å²) in [7, 11) is 0. The maximum Gasteiger partial charge on any atom is 0.317 e. The van der Waals surface area contributed by atoms with Crippen molar-refractivity contribution in [1.82, 2.24) is 25.0 Å². The number of hydrogen-bond donors (Lipinski definition) is 1. The quantitative estimate of drug-likeness (QED) is 0.928. The molecule has 0 bridgehead atoms. The molecule has 124 valence electrons.